The summed E-state index contributed by atoms with van der Waals surface area (Å²) in [4.78, 5) is 34.4. The van der Waals surface area contributed by atoms with Crippen molar-refractivity contribution in [3.63, 3.8) is 0 Å². The molecule has 1 aromatic carbocycles. The van der Waals surface area contributed by atoms with Gasteiger partial charge < -0.3 is 0 Å². The van der Waals surface area contributed by atoms with Crippen molar-refractivity contribution in [1.29, 1.82) is 0 Å². The van der Waals surface area contributed by atoms with Crippen molar-refractivity contribution in [2.45, 2.75) is 32.2 Å². The summed E-state index contributed by atoms with van der Waals surface area (Å²) in [5, 5.41) is 0. The first-order valence-electron chi connectivity index (χ1n) is 7.04. The molecule has 1 unspecified atom stereocenters. The van der Waals surface area contributed by atoms with E-state index in [1.54, 1.807) is 0 Å². The predicted octanol–water partition coefficient (Wildman–Crippen LogP) is 1.09. The van der Waals surface area contributed by atoms with Gasteiger partial charge in [0.1, 0.15) is 0 Å². The van der Waals surface area contributed by atoms with Crippen LogP contribution in [0.1, 0.15) is 32.2 Å². The van der Waals surface area contributed by atoms with Crippen LogP contribution in [0.25, 0.3) is 0 Å². The van der Waals surface area contributed by atoms with E-state index in [4.69, 9.17) is 0 Å². The van der Waals surface area contributed by atoms with Gasteiger partial charge in [0.25, 0.3) is 0 Å². The van der Waals surface area contributed by atoms with Crippen LogP contribution in [-0.2, 0) is 4.79 Å². The average Bonchev–Trinajstić information content (AvgIpc) is 2.48. The Labute approximate surface area is 134 Å². The molecule has 0 saturated heterocycles. The Kier molecular flexibility index (Phi) is 5.92. The van der Waals surface area contributed by atoms with Gasteiger partial charge in [0.15, 0.2) is 0 Å². The Morgan fingerprint density at radius 2 is 1.95 bits per heavy atom. The van der Waals surface area contributed by atoms with E-state index in [0.717, 1.165) is 4.46 Å². The molecule has 0 radical (unpaired) electrons. The number of carbonyl (C=O) groups excluding carboxylic acids is 1. The number of hydrogen-bond acceptors (Lipinski definition) is 4. The fraction of sp³-hybridized carbons (Fsp3) is 0.312. The fourth-order valence-electron chi connectivity index (χ4n) is 2.05. The van der Waals surface area contributed by atoms with Gasteiger partial charge in [-0.1, -0.05) is 0 Å². The standard InChI is InChI=1S/C16H17NO4Se/c1-12(17-11-10-14(18)21-16(17)20)6-5-9-15(19)22-13-7-3-2-4-8-13/h2-4,7-8,10-12H,5-6,9H2,1H3. The molecule has 0 bridgehead atoms. The number of hydrogen-bond donors (Lipinski definition) is 0. The topological polar surface area (TPSA) is 69.3 Å². The zero-order chi connectivity index (χ0) is 15.9. The molecule has 0 aliphatic rings. The first-order valence-corrected chi connectivity index (χ1v) is 8.75. The van der Waals surface area contributed by atoms with E-state index in [1.165, 1.54) is 16.8 Å². The first-order chi connectivity index (χ1) is 10.6. The third-order valence-electron chi connectivity index (χ3n) is 3.22. The van der Waals surface area contributed by atoms with Gasteiger partial charge in [-0.3, -0.25) is 0 Å². The normalized spacial score (nSPS) is 12.0. The molecule has 1 atom stereocenters. The van der Waals surface area contributed by atoms with Crippen molar-refractivity contribution >= 4 is 24.1 Å². The molecule has 0 amide bonds. The van der Waals surface area contributed by atoms with Crippen LogP contribution in [0.4, 0.5) is 0 Å². The molecule has 6 heteroatoms. The third kappa shape index (κ3) is 4.83. The van der Waals surface area contributed by atoms with Gasteiger partial charge in [0.05, 0.1) is 0 Å². The van der Waals surface area contributed by atoms with Gasteiger partial charge in [-0.15, -0.1) is 0 Å². The Morgan fingerprint density at radius 3 is 2.64 bits per heavy atom. The molecule has 1 heterocycles. The van der Waals surface area contributed by atoms with Gasteiger partial charge in [-0.25, -0.2) is 0 Å². The maximum atomic E-state index is 11.9. The quantitative estimate of drug-likeness (QED) is 0.688. The van der Waals surface area contributed by atoms with Crippen LogP contribution in [0.3, 0.4) is 0 Å². The molecule has 116 valence electrons. The van der Waals surface area contributed by atoms with Gasteiger partial charge in [-0.05, 0) is 0 Å². The molecular formula is C16H17NO4Se. The zero-order valence-corrected chi connectivity index (χ0v) is 13.9. The van der Waals surface area contributed by atoms with Gasteiger partial charge in [0, 0.05) is 0 Å². The summed E-state index contributed by atoms with van der Waals surface area (Å²) in [6.45, 7) is 1.87. The summed E-state index contributed by atoms with van der Waals surface area (Å²) in [5.41, 5.74) is -0.644. The molecular weight excluding hydrogens is 349 g/mol. The minimum absolute atomic E-state index is 0.103. The van der Waals surface area contributed by atoms with Crippen LogP contribution in [0, 0.1) is 0 Å². The summed E-state index contributed by atoms with van der Waals surface area (Å²) < 4.78 is 7.23. The van der Waals surface area contributed by atoms with Crippen molar-refractivity contribution in [2.75, 3.05) is 0 Å². The van der Waals surface area contributed by atoms with Crippen LogP contribution >= 0.6 is 0 Å². The van der Waals surface area contributed by atoms with Crippen LogP contribution in [0.15, 0.2) is 56.6 Å². The van der Waals surface area contributed by atoms with E-state index in [-0.39, 0.29) is 25.7 Å². The number of nitrogens with zero attached hydrogens (tertiary/aromatic N) is 1. The van der Waals surface area contributed by atoms with E-state index >= 15 is 0 Å². The summed E-state index contributed by atoms with van der Waals surface area (Å²) in [6.07, 6.45) is 3.34. The number of aromatic nitrogens is 1. The molecule has 2 rings (SSSR count). The minimum atomic E-state index is -0.653. The van der Waals surface area contributed by atoms with Crippen molar-refractivity contribution < 1.29 is 9.21 Å². The van der Waals surface area contributed by atoms with Gasteiger partial charge in [-0.2, -0.15) is 0 Å². The molecule has 5 nitrogen and oxygen atoms in total. The van der Waals surface area contributed by atoms with Crippen LogP contribution < -0.4 is 15.8 Å². The summed E-state index contributed by atoms with van der Waals surface area (Å²) in [7, 11) is 0. The first kappa shape index (κ1) is 16.5. The van der Waals surface area contributed by atoms with Crippen molar-refractivity contribution in [1.82, 2.24) is 4.57 Å². The SMILES string of the molecule is CC(CCCC(=O)[Se]c1ccccc1)n1ccc(=O)oc1=O. The van der Waals surface area contributed by atoms with Crippen LogP contribution in [0.5, 0.6) is 0 Å². The average molecular weight is 366 g/mol. The van der Waals surface area contributed by atoms with Crippen LogP contribution in [-0.4, -0.2) is 24.2 Å². The Balaban J connectivity index is 1.81. The number of rotatable bonds is 7. The molecule has 0 fully saturated rings. The van der Waals surface area contributed by atoms with Crippen molar-refractivity contribution in [2.24, 2.45) is 0 Å². The molecule has 0 N–H and O–H groups in total. The molecule has 0 aliphatic heterocycles. The van der Waals surface area contributed by atoms with Crippen LogP contribution in [0.2, 0.25) is 0 Å². The van der Waals surface area contributed by atoms with E-state index in [1.807, 2.05) is 37.3 Å². The Bertz CT molecular complexity index is 736. The number of benzene rings is 1. The van der Waals surface area contributed by atoms with Gasteiger partial charge in [0.2, 0.25) is 0 Å². The second-order valence-electron chi connectivity index (χ2n) is 4.94. The third-order valence-corrected chi connectivity index (χ3v) is 5.19. The molecule has 1 aromatic heterocycles. The van der Waals surface area contributed by atoms with E-state index < -0.39 is 11.4 Å². The van der Waals surface area contributed by atoms with Crippen molar-refractivity contribution in [3.05, 3.63) is 63.6 Å². The van der Waals surface area contributed by atoms with E-state index in [0.29, 0.717) is 19.3 Å². The number of carbonyl (C=O) groups is 1. The fourth-order valence-corrected chi connectivity index (χ4v) is 3.74. The second kappa shape index (κ2) is 7.92. The summed E-state index contributed by atoms with van der Waals surface area (Å²) >= 11 is -0.152. The zero-order valence-electron chi connectivity index (χ0n) is 12.2. The second-order valence-corrected chi connectivity index (χ2v) is 7.31. The molecule has 0 spiro atoms. The monoisotopic (exact) mass is 367 g/mol. The Hall–Kier alpha value is -1.91. The maximum absolute atomic E-state index is 11.9. The molecule has 22 heavy (non-hydrogen) atoms. The molecule has 0 aliphatic carbocycles. The van der Waals surface area contributed by atoms with Gasteiger partial charge >= 0.3 is 134 Å². The summed E-state index contributed by atoms with van der Waals surface area (Å²) in [6, 6.07) is 10.8. The molecule has 0 saturated carbocycles. The predicted molar refractivity (Wildman–Crippen MR) is 84.6 cm³/mol. The van der Waals surface area contributed by atoms with Crippen molar-refractivity contribution in [3.8, 4) is 0 Å². The van der Waals surface area contributed by atoms with E-state index in [9.17, 15) is 14.4 Å². The summed E-state index contributed by atoms with van der Waals surface area (Å²) in [5.74, 6) is -0.653. The Morgan fingerprint density at radius 1 is 1.23 bits per heavy atom. The van der Waals surface area contributed by atoms with E-state index in [2.05, 4.69) is 4.42 Å². The molecule has 2 aromatic rings.